The maximum Gasteiger partial charge on any atom is 0.187 e. The van der Waals surface area contributed by atoms with Crippen LogP contribution in [0.15, 0.2) is 36.5 Å². The van der Waals surface area contributed by atoms with Crippen molar-refractivity contribution in [1.29, 1.82) is 0 Å². The molecule has 7 heteroatoms. The van der Waals surface area contributed by atoms with Gasteiger partial charge in [0, 0.05) is 35.8 Å². The zero-order valence-electron chi connectivity index (χ0n) is 14.8. The smallest absolute Gasteiger partial charge is 0.187 e. The first-order valence-corrected chi connectivity index (χ1v) is 8.40. The molecule has 0 amide bonds. The second-order valence-corrected chi connectivity index (χ2v) is 5.99. The number of carbonyl (C=O) groups is 1. The van der Waals surface area contributed by atoms with E-state index in [0.717, 1.165) is 12.1 Å². The van der Waals surface area contributed by atoms with E-state index in [9.17, 15) is 18.7 Å². The lowest BCUT2D eigenvalue weighted by Gasteiger charge is -2.16. The predicted molar refractivity (Wildman–Crippen MR) is 98.8 cm³/mol. The van der Waals surface area contributed by atoms with Crippen LogP contribution in [0.3, 0.4) is 0 Å². The molecule has 0 aliphatic rings. The highest BCUT2D eigenvalue weighted by Crippen LogP contribution is 2.35. The Bertz CT molecular complexity index is 999. The Balaban J connectivity index is 2.21. The van der Waals surface area contributed by atoms with Crippen molar-refractivity contribution < 1.29 is 23.4 Å². The van der Waals surface area contributed by atoms with Gasteiger partial charge in [-0.05, 0) is 12.5 Å². The fraction of sp³-hybridized carbons (Fsp3) is 0.200. The Morgan fingerprint density at radius 1 is 1.26 bits per heavy atom. The highest BCUT2D eigenvalue weighted by atomic mass is 19.1. The molecule has 0 atom stereocenters. The third-order valence-corrected chi connectivity index (χ3v) is 4.14. The lowest BCUT2D eigenvalue weighted by Crippen LogP contribution is -2.06. The lowest BCUT2D eigenvalue weighted by molar-refractivity contribution is 0.0982. The molecule has 1 heterocycles. The van der Waals surface area contributed by atoms with Crippen LogP contribution in [-0.2, 0) is 0 Å². The largest absolute Gasteiger partial charge is 0.503 e. The zero-order chi connectivity index (χ0) is 19.6. The van der Waals surface area contributed by atoms with Crippen LogP contribution < -0.4 is 10.1 Å². The number of hydrogen-bond donors (Lipinski definition) is 2. The number of halogens is 2. The van der Waals surface area contributed by atoms with E-state index >= 15 is 0 Å². The number of aromatic hydroxyl groups is 1. The van der Waals surface area contributed by atoms with Gasteiger partial charge in [0.25, 0.3) is 0 Å². The molecule has 2 N–H and O–H groups in total. The summed E-state index contributed by atoms with van der Waals surface area (Å²) in [5, 5.41) is 12.8. The topological polar surface area (TPSA) is 71.5 Å². The van der Waals surface area contributed by atoms with Crippen LogP contribution in [0.2, 0.25) is 0 Å². The highest BCUT2D eigenvalue weighted by Gasteiger charge is 2.18. The zero-order valence-corrected chi connectivity index (χ0v) is 14.8. The minimum absolute atomic E-state index is 0.0590. The number of nitrogens with one attached hydrogen (secondary N) is 1. The van der Waals surface area contributed by atoms with E-state index in [1.165, 1.54) is 13.3 Å². The lowest BCUT2D eigenvalue weighted by atomic mass is 10.0. The number of para-hydroxylation sites is 1. The van der Waals surface area contributed by atoms with Crippen molar-refractivity contribution in [3.05, 3.63) is 53.7 Å². The molecule has 0 spiro atoms. The van der Waals surface area contributed by atoms with Gasteiger partial charge in [-0.1, -0.05) is 19.1 Å². The van der Waals surface area contributed by atoms with Crippen molar-refractivity contribution in [1.82, 2.24) is 4.98 Å². The Morgan fingerprint density at radius 2 is 1.96 bits per heavy atom. The van der Waals surface area contributed by atoms with Crippen LogP contribution in [0.5, 0.6) is 11.5 Å². The summed E-state index contributed by atoms with van der Waals surface area (Å²) in [5.74, 6) is -2.89. The molecule has 140 valence electrons. The molecule has 0 saturated carbocycles. The number of benzene rings is 2. The van der Waals surface area contributed by atoms with Gasteiger partial charge >= 0.3 is 0 Å². The van der Waals surface area contributed by atoms with E-state index in [0.29, 0.717) is 40.7 Å². The number of phenolic OH excluding ortho intramolecular Hbond substituents is 1. The third-order valence-electron chi connectivity index (χ3n) is 4.14. The summed E-state index contributed by atoms with van der Waals surface area (Å²) in [6, 6.07) is 7.12. The molecule has 2 aromatic carbocycles. The minimum Gasteiger partial charge on any atom is -0.503 e. The van der Waals surface area contributed by atoms with Crippen molar-refractivity contribution in [3.63, 3.8) is 0 Å². The number of fused-ring (bicyclic) bond motifs is 1. The summed E-state index contributed by atoms with van der Waals surface area (Å²) in [6.07, 6.45) is 2.39. The maximum atomic E-state index is 13.7. The summed E-state index contributed by atoms with van der Waals surface area (Å²) in [6.45, 7) is 1.88. The molecule has 3 rings (SSSR count). The SMILES string of the molecule is CCCC(=O)c1cnc2c(OC)cccc2c1Nc1cc(F)c(O)c(F)c1. The van der Waals surface area contributed by atoms with Gasteiger partial charge in [-0.15, -0.1) is 0 Å². The number of nitrogens with zero attached hydrogens (tertiary/aromatic N) is 1. The molecule has 0 radical (unpaired) electrons. The van der Waals surface area contributed by atoms with E-state index < -0.39 is 17.4 Å². The van der Waals surface area contributed by atoms with Gasteiger partial charge in [-0.3, -0.25) is 9.78 Å². The fourth-order valence-electron chi connectivity index (χ4n) is 2.85. The molecule has 3 aromatic rings. The molecule has 0 fully saturated rings. The summed E-state index contributed by atoms with van der Waals surface area (Å²) in [7, 11) is 1.50. The molecule has 5 nitrogen and oxygen atoms in total. The Kier molecular flexibility index (Phi) is 5.21. The molecule has 0 aliphatic heterocycles. The number of pyridine rings is 1. The van der Waals surface area contributed by atoms with Gasteiger partial charge in [-0.2, -0.15) is 0 Å². The number of methoxy groups -OCH3 is 1. The van der Waals surface area contributed by atoms with E-state index in [-0.39, 0.29) is 11.5 Å². The quantitative estimate of drug-likeness (QED) is 0.473. The Hall–Kier alpha value is -3.22. The number of hydrogen-bond acceptors (Lipinski definition) is 5. The first kappa shape index (κ1) is 18.6. The molecular formula is C20H18F2N2O3. The average molecular weight is 372 g/mol. The average Bonchev–Trinajstić information content (AvgIpc) is 2.65. The molecule has 0 unspecified atom stereocenters. The summed E-state index contributed by atoms with van der Waals surface area (Å²) in [5.41, 5.74) is 1.26. The van der Waals surface area contributed by atoms with E-state index in [2.05, 4.69) is 10.3 Å². The number of carbonyl (C=O) groups excluding carboxylic acids is 1. The molecule has 0 saturated heterocycles. The first-order chi connectivity index (χ1) is 13.0. The van der Waals surface area contributed by atoms with Gasteiger partial charge in [0.1, 0.15) is 11.3 Å². The number of anilines is 2. The number of aromatic nitrogens is 1. The van der Waals surface area contributed by atoms with Gasteiger partial charge in [-0.25, -0.2) is 8.78 Å². The van der Waals surface area contributed by atoms with Crippen molar-refractivity contribution >= 4 is 28.1 Å². The number of Topliss-reactive ketones (excluding diaryl/α,β-unsaturated/α-hetero) is 1. The molecule has 27 heavy (non-hydrogen) atoms. The summed E-state index contributed by atoms with van der Waals surface area (Å²) < 4.78 is 32.8. The molecule has 0 bridgehead atoms. The van der Waals surface area contributed by atoms with E-state index in [1.807, 2.05) is 6.92 Å². The van der Waals surface area contributed by atoms with Crippen LogP contribution in [-0.4, -0.2) is 23.0 Å². The van der Waals surface area contributed by atoms with Gasteiger partial charge in [0.05, 0.1) is 18.4 Å². The fourth-order valence-corrected chi connectivity index (χ4v) is 2.85. The van der Waals surface area contributed by atoms with Gasteiger partial charge in [0.2, 0.25) is 0 Å². The normalized spacial score (nSPS) is 10.8. The number of phenols is 1. The standard InChI is InChI=1S/C20H18F2N2O3/c1-3-5-16(25)13-10-23-19-12(6-4-7-17(19)27-2)18(13)24-11-8-14(21)20(26)15(22)9-11/h4,6-10,26H,3,5H2,1-2H3,(H,23,24). The van der Waals surface area contributed by atoms with Crippen LogP contribution in [0.25, 0.3) is 10.9 Å². The second-order valence-electron chi connectivity index (χ2n) is 5.99. The van der Waals surface area contributed by atoms with E-state index in [4.69, 9.17) is 4.74 Å². The molecular weight excluding hydrogens is 354 g/mol. The summed E-state index contributed by atoms with van der Waals surface area (Å²) in [4.78, 5) is 16.9. The number of ketones is 1. The van der Waals surface area contributed by atoms with Crippen LogP contribution in [0.4, 0.5) is 20.2 Å². The minimum atomic E-state index is -1.10. The predicted octanol–water partition coefficient (Wildman–Crippen LogP) is 4.95. The molecule has 1 aromatic heterocycles. The monoisotopic (exact) mass is 372 g/mol. The second kappa shape index (κ2) is 7.57. The van der Waals surface area contributed by atoms with Crippen LogP contribution >= 0.6 is 0 Å². The maximum absolute atomic E-state index is 13.7. The van der Waals surface area contributed by atoms with E-state index in [1.54, 1.807) is 18.2 Å². The van der Waals surface area contributed by atoms with Gasteiger partial charge in [0.15, 0.2) is 23.2 Å². The number of ether oxygens (including phenoxy) is 1. The Morgan fingerprint density at radius 3 is 2.59 bits per heavy atom. The first-order valence-electron chi connectivity index (χ1n) is 8.40. The van der Waals surface area contributed by atoms with Crippen molar-refractivity contribution in [2.75, 3.05) is 12.4 Å². The number of rotatable bonds is 6. The van der Waals surface area contributed by atoms with Crippen molar-refractivity contribution in [3.8, 4) is 11.5 Å². The Labute approximate surface area is 154 Å². The third kappa shape index (κ3) is 3.53. The van der Waals surface area contributed by atoms with Crippen LogP contribution in [0.1, 0.15) is 30.1 Å². The summed E-state index contributed by atoms with van der Waals surface area (Å²) >= 11 is 0. The van der Waals surface area contributed by atoms with Crippen molar-refractivity contribution in [2.45, 2.75) is 19.8 Å². The van der Waals surface area contributed by atoms with Crippen LogP contribution in [0, 0.1) is 11.6 Å². The highest BCUT2D eigenvalue weighted by molar-refractivity contribution is 6.09. The van der Waals surface area contributed by atoms with Crippen molar-refractivity contribution in [2.24, 2.45) is 0 Å². The molecule has 0 aliphatic carbocycles. The van der Waals surface area contributed by atoms with Gasteiger partial charge < -0.3 is 15.2 Å².